The second-order valence-corrected chi connectivity index (χ2v) is 4.35. The molecule has 0 fully saturated rings. The maximum atomic E-state index is 10.6. The van der Waals surface area contributed by atoms with E-state index >= 15 is 0 Å². The molecule has 0 aliphatic heterocycles. The number of nitrogens with zero attached hydrogens (tertiary/aromatic N) is 1. The lowest BCUT2D eigenvalue weighted by molar-refractivity contribution is -0.385. The van der Waals surface area contributed by atoms with Gasteiger partial charge in [-0.2, -0.15) is 0 Å². The molecule has 0 bridgehead atoms. The van der Waals surface area contributed by atoms with E-state index in [1.54, 1.807) is 0 Å². The zero-order valence-corrected chi connectivity index (χ0v) is 7.92. The molecule has 0 heterocycles. The highest BCUT2D eigenvalue weighted by Gasteiger charge is 2.21. The fraction of sp³-hybridized carbons (Fsp3) is 0.143. The molecule has 1 aromatic carbocycles. The van der Waals surface area contributed by atoms with Crippen LogP contribution in [0.1, 0.15) is 5.56 Å². The van der Waals surface area contributed by atoms with Crippen molar-refractivity contribution in [3.8, 4) is 0 Å². The van der Waals surface area contributed by atoms with Gasteiger partial charge in [0.15, 0.2) is 0 Å². The van der Waals surface area contributed by atoms with E-state index in [4.69, 9.17) is 9.79 Å². The Bertz CT molecular complexity index is 399. The third-order valence-electron chi connectivity index (χ3n) is 1.56. The summed E-state index contributed by atoms with van der Waals surface area (Å²) in [6.45, 7) is 0. The van der Waals surface area contributed by atoms with Crippen molar-refractivity contribution in [2.45, 2.75) is 6.16 Å². The Morgan fingerprint density at radius 1 is 1.36 bits per heavy atom. The molecule has 14 heavy (non-hydrogen) atoms. The summed E-state index contributed by atoms with van der Waals surface area (Å²) in [7, 11) is -4.26. The monoisotopic (exact) mass is 217 g/mol. The van der Waals surface area contributed by atoms with Crippen LogP contribution < -0.4 is 0 Å². The van der Waals surface area contributed by atoms with E-state index in [1.165, 1.54) is 24.3 Å². The molecular formula is C7H8NO5P. The van der Waals surface area contributed by atoms with Crippen LogP contribution in [0, 0.1) is 10.1 Å². The zero-order chi connectivity index (χ0) is 10.8. The van der Waals surface area contributed by atoms with E-state index in [9.17, 15) is 14.7 Å². The average Bonchev–Trinajstić information content (AvgIpc) is 2.01. The Morgan fingerprint density at radius 2 is 1.93 bits per heavy atom. The first-order valence-corrected chi connectivity index (χ1v) is 5.47. The topological polar surface area (TPSA) is 101 Å². The molecule has 0 aliphatic rings. The Morgan fingerprint density at radius 3 is 2.43 bits per heavy atom. The van der Waals surface area contributed by atoms with Crippen molar-refractivity contribution in [2.24, 2.45) is 0 Å². The Balaban J connectivity index is 3.08. The summed E-state index contributed by atoms with van der Waals surface area (Å²) in [4.78, 5) is 27.1. The third kappa shape index (κ3) is 2.92. The molecule has 76 valence electrons. The van der Waals surface area contributed by atoms with Gasteiger partial charge in [-0.3, -0.25) is 14.7 Å². The van der Waals surface area contributed by atoms with Crippen molar-refractivity contribution >= 4 is 13.3 Å². The number of hydrogen-bond donors (Lipinski definition) is 2. The summed E-state index contributed by atoms with van der Waals surface area (Å²) in [5.74, 6) is 0. The molecule has 0 unspecified atom stereocenters. The number of nitro groups is 1. The molecule has 0 amide bonds. The predicted octanol–water partition coefficient (Wildman–Crippen LogP) is 1.27. The van der Waals surface area contributed by atoms with Gasteiger partial charge in [0, 0.05) is 11.6 Å². The summed E-state index contributed by atoms with van der Waals surface area (Å²) in [6.07, 6.45) is -0.607. The minimum Gasteiger partial charge on any atom is -0.324 e. The van der Waals surface area contributed by atoms with Crippen LogP contribution in [0.5, 0.6) is 0 Å². The lowest BCUT2D eigenvalue weighted by Gasteiger charge is -2.03. The highest BCUT2D eigenvalue weighted by atomic mass is 31.2. The van der Waals surface area contributed by atoms with Crippen molar-refractivity contribution in [2.75, 3.05) is 0 Å². The minimum absolute atomic E-state index is 0.0471. The van der Waals surface area contributed by atoms with E-state index in [2.05, 4.69) is 0 Å². The van der Waals surface area contributed by atoms with Crippen LogP contribution in [0.4, 0.5) is 5.69 Å². The van der Waals surface area contributed by atoms with Gasteiger partial charge in [-0.25, -0.2) is 0 Å². The van der Waals surface area contributed by atoms with Crippen LogP contribution in [0.25, 0.3) is 0 Å². The van der Waals surface area contributed by atoms with Crippen molar-refractivity contribution in [3.05, 3.63) is 39.9 Å². The predicted molar refractivity (Wildman–Crippen MR) is 48.8 cm³/mol. The first kappa shape index (κ1) is 10.8. The van der Waals surface area contributed by atoms with E-state index in [0.717, 1.165) is 0 Å². The van der Waals surface area contributed by atoms with E-state index < -0.39 is 18.7 Å². The summed E-state index contributed by atoms with van der Waals surface area (Å²) in [6, 6.07) is 5.49. The van der Waals surface area contributed by atoms with Crippen LogP contribution in [0.3, 0.4) is 0 Å². The Hall–Kier alpha value is -1.23. The second kappa shape index (κ2) is 3.88. The highest BCUT2D eigenvalue weighted by molar-refractivity contribution is 7.50. The third-order valence-corrected chi connectivity index (χ3v) is 2.32. The van der Waals surface area contributed by atoms with Gasteiger partial charge in [0.1, 0.15) is 0 Å². The molecule has 0 aliphatic carbocycles. The second-order valence-electron chi connectivity index (χ2n) is 2.71. The van der Waals surface area contributed by atoms with Gasteiger partial charge in [0.05, 0.1) is 11.1 Å². The summed E-state index contributed by atoms with van der Waals surface area (Å²) >= 11 is 0. The molecule has 0 atom stereocenters. The van der Waals surface area contributed by atoms with E-state index in [-0.39, 0.29) is 11.3 Å². The summed E-state index contributed by atoms with van der Waals surface area (Å²) in [5, 5.41) is 10.5. The van der Waals surface area contributed by atoms with Gasteiger partial charge in [-0.1, -0.05) is 18.2 Å². The number of rotatable bonds is 3. The van der Waals surface area contributed by atoms with Crippen LogP contribution in [0.15, 0.2) is 24.3 Å². The van der Waals surface area contributed by atoms with Crippen molar-refractivity contribution in [3.63, 3.8) is 0 Å². The van der Waals surface area contributed by atoms with E-state index in [1.807, 2.05) is 0 Å². The number of nitro benzene ring substituents is 1. The molecule has 1 rings (SSSR count). The molecule has 0 spiro atoms. The summed E-state index contributed by atoms with van der Waals surface area (Å²) in [5.41, 5.74) is -0.221. The Kier molecular flexibility index (Phi) is 3.00. The van der Waals surface area contributed by atoms with Gasteiger partial charge in [-0.05, 0) is 0 Å². The maximum absolute atomic E-state index is 10.6. The van der Waals surface area contributed by atoms with Gasteiger partial charge in [-0.15, -0.1) is 0 Å². The summed E-state index contributed by atoms with van der Waals surface area (Å²) < 4.78 is 10.6. The van der Waals surface area contributed by atoms with E-state index in [0.29, 0.717) is 0 Å². The quantitative estimate of drug-likeness (QED) is 0.451. The fourth-order valence-electron chi connectivity index (χ4n) is 1.04. The van der Waals surface area contributed by atoms with Gasteiger partial charge in [0.25, 0.3) is 5.69 Å². The SMILES string of the molecule is O=[N+]([O-])c1ccccc1CP(=O)(O)O. The number of benzene rings is 1. The molecule has 1 aromatic rings. The molecule has 0 saturated heterocycles. The van der Waals surface area contributed by atoms with Crippen LogP contribution >= 0.6 is 7.60 Å². The van der Waals surface area contributed by atoms with Gasteiger partial charge < -0.3 is 9.79 Å². The number of hydrogen-bond acceptors (Lipinski definition) is 3. The number of para-hydroxylation sites is 1. The van der Waals surface area contributed by atoms with Crippen molar-refractivity contribution in [1.82, 2.24) is 0 Å². The highest BCUT2D eigenvalue weighted by Crippen LogP contribution is 2.41. The molecule has 2 N–H and O–H groups in total. The molecule has 6 nitrogen and oxygen atoms in total. The zero-order valence-electron chi connectivity index (χ0n) is 7.03. The maximum Gasteiger partial charge on any atom is 0.330 e. The largest absolute Gasteiger partial charge is 0.330 e. The standard InChI is InChI=1S/C7H8NO5P/c9-8(10)7-4-2-1-3-6(7)5-14(11,12)13/h1-4H,5H2,(H2,11,12,13). The molecule has 0 radical (unpaired) electrons. The average molecular weight is 217 g/mol. The minimum atomic E-state index is -4.26. The molecule has 0 saturated carbocycles. The molecule has 7 heteroatoms. The fourth-order valence-corrected chi connectivity index (χ4v) is 1.76. The van der Waals surface area contributed by atoms with Crippen molar-refractivity contribution in [1.29, 1.82) is 0 Å². The van der Waals surface area contributed by atoms with Crippen LogP contribution in [-0.4, -0.2) is 14.7 Å². The van der Waals surface area contributed by atoms with Crippen molar-refractivity contribution < 1.29 is 19.3 Å². The smallest absolute Gasteiger partial charge is 0.324 e. The Labute approximate surface area is 79.5 Å². The van der Waals surface area contributed by atoms with Crippen LogP contribution in [-0.2, 0) is 10.7 Å². The lowest BCUT2D eigenvalue weighted by Crippen LogP contribution is -1.95. The normalized spacial score (nSPS) is 11.3. The van der Waals surface area contributed by atoms with Gasteiger partial charge in [0.2, 0.25) is 0 Å². The van der Waals surface area contributed by atoms with Crippen LogP contribution in [0.2, 0.25) is 0 Å². The first-order chi connectivity index (χ1) is 6.40. The lowest BCUT2D eigenvalue weighted by atomic mass is 10.2. The molecular weight excluding hydrogens is 209 g/mol. The molecule has 0 aromatic heterocycles. The first-order valence-electron chi connectivity index (χ1n) is 3.67. The van der Waals surface area contributed by atoms with Gasteiger partial charge >= 0.3 is 7.60 Å².